The first kappa shape index (κ1) is 15.6. The molecule has 3 nitrogen and oxygen atoms in total. The van der Waals surface area contributed by atoms with Crippen molar-refractivity contribution in [3.63, 3.8) is 0 Å². The largest absolute Gasteiger partial charge is 0.417 e. The van der Waals surface area contributed by atoms with Crippen molar-refractivity contribution >= 4 is 5.69 Å². The van der Waals surface area contributed by atoms with E-state index in [9.17, 15) is 13.2 Å². The summed E-state index contributed by atoms with van der Waals surface area (Å²) in [7, 11) is 0. The van der Waals surface area contributed by atoms with Crippen LogP contribution in [0.2, 0.25) is 0 Å². The molecule has 1 heterocycles. The average molecular weight is 297 g/mol. The number of piperidine rings is 1. The number of anilines is 1. The zero-order chi connectivity index (χ0) is 15.5. The molecule has 0 spiro atoms. The van der Waals surface area contributed by atoms with Crippen molar-refractivity contribution in [2.75, 3.05) is 24.5 Å². The summed E-state index contributed by atoms with van der Waals surface area (Å²) in [5.74, 6) is 0. The maximum atomic E-state index is 12.8. The van der Waals surface area contributed by atoms with Crippen molar-refractivity contribution in [1.82, 2.24) is 5.32 Å². The minimum absolute atomic E-state index is 0.257. The van der Waals surface area contributed by atoms with Crippen LogP contribution < -0.4 is 10.2 Å². The molecule has 114 valence electrons. The van der Waals surface area contributed by atoms with Gasteiger partial charge in [-0.2, -0.15) is 18.4 Å². The minimum atomic E-state index is -4.49. The van der Waals surface area contributed by atoms with E-state index in [-0.39, 0.29) is 11.6 Å². The first-order chi connectivity index (χ1) is 9.97. The first-order valence-electron chi connectivity index (χ1n) is 7.06. The molecule has 1 fully saturated rings. The molecule has 1 aromatic rings. The fraction of sp³-hybridized carbons (Fsp3) is 0.533. The molecule has 0 aromatic heterocycles. The van der Waals surface area contributed by atoms with E-state index in [0.29, 0.717) is 12.2 Å². The van der Waals surface area contributed by atoms with Gasteiger partial charge < -0.3 is 10.2 Å². The minimum Gasteiger partial charge on any atom is -0.368 e. The molecular formula is C15H18F3N3. The number of nitrogens with one attached hydrogen (secondary N) is 1. The number of nitriles is 1. The van der Waals surface area contributed by atoms with Gasteiger partial charge in [-0.25, -0.2) is 0 Å². The zero-order valence-electron chi connectivity index (χ0n) is 11.9. The zero-order valence-corrected chi connectivity index (χ0v) is 11.9. The number of rotatable bonds is 3. The van der Waals surface area contributed by atoms with Gasteiger partial charge in [0.15, 0.2) is 0 Å². The Morgan fingerprint density at radius 3 is 2.71 bits per heavy atom. The number of likely N-dealkylation sites (N-methyl/N-ethyl adjacent to an activating group) is 1. The van der Waals surface area contributed by atoms with E-state index in [4.69, 9.17) is 5.26 Å². The standard InChI is InChI=1S/C15H18F3N3/c1-2-21(13-4-3-7-20-10-13)12-5-6-14(15(16,17)18)11(8-12)9-19/h5-6,8,13,20H,2-4,7,10H2,1H3. The van der Waals surface area contributed by atoms with Gasteiger partial charge in [-0.3, -0.25) is 0 Å². The van der Waals surface area contributed by atoms with Crippen LogP contribution in [0.5, 0.6) is 0 Å². The monoisotopic (exact) mass is 297 g/mol. The third-order valence-corrected chi connectivity index (χ3v) is 3.81. The SMILES string of the molecule is CCN(c1ccc(C(F)(F)F)c(C#N)c1)C1CCCNC1. The number of nitrogens with zero attached hydrogens (tertiary/aromatic N) is 2. The molecule has 21 heavy (non-hydrogen) atoms. The number of benzene rings is 1. The lowest BCUT2D eigenvalue weighted by Gasteiger charge is -2.36. The fourth-order valence-electron chi connectivity index (χ4n) is 2.80. The average Bonchev–Trinajstić information content (AvgIpc) is 2.48. The quantitative estimate of drug-likeness (QED) is 0.931. The molecule has 0 radical (unpaired) electrons. The highest BCUT2D eigenvalue weighted by molar-refractivity contribution is 5.56. The van der Waals surface area contributed by atoms with Gasteiger partial charge in [-0.05, 0) is 44.5 Å². The highest BCUT2D eigenvalue weighted by Gasteiger charge is 2.34. The van der Waals surface area contributed by atoms with E-state index in [2.05, 4.69) is 10.2 Å². The number of hydrogen-bond acceptors (Lipinski definition) is 3. The van der Waals surface area contributed by atoms with E-state index < -0.39 is 11.7 Å². The summed E-state index contributed by atoms with van der Waals surface area (Å²) in [6.07, 6.45) is -2.44. The second-order valence-electron chi connectivity index (χ2n) is 5.13. The maximum absolute atomic E-state index is 12.8. The van der Waals surface area contributed by atoms with Crippen LogP contribution in [0.1, 0.15) is 30.9 Å². The van der Waals surface area contributed by atoms with Gasteiger partial charge in [-0.15, -0.1) is 0 Å². The van der Waals surface area contributed by atoms with Crippen molar-refractivity contribution in [3.8, 4) is 6.07 Å². The van der Waals surface area contributed by atoms with Crippen LogP contribution in [0.3, 0.4) is 0 Å². The van der Waals surface area contributed by atoms with Crippen molar-refractivity contribution in [1.29, 1.82) is 5.26 Å². The smallest absolute Gasteiger partial charge is 0.368 e. The number of halogens is 3. The van der Waals surface area contributed by atoms with Crippen LogP contribution in [0.15, 0.2) is 18.2 Å². The molecule has 0 saturated carbocycles. The summed E-state index contributed by atoms with van der Waals surface area (Å²) in [6.45, 7) is 4.46. The van der Waals surface area contributed by atoms with E-state index in [1.54, 1.807) is 6.07 Å². The molecule has 6 heteroatoms. The normalized spacial score (nSPS) is 19.1. The molecule has 1 aliphatic heterocycles. The van der Waals surface area contributed by atoms with Gasteiger partial charge in [0.2, 0.25) is 0 Å². The van der Waals surface area contributed by atoms with Crippen LogP contribution in [0, 0.1) is 11.3 Å². The molecule has 1 aromatic carbocycles. The van der Waals surface area contributed by atoms with Gasteiger partial charge in [0.1, 0.15) is 0 Å². The molecule has 1 saturated heterocycles. The second-order valence-corrected chi connectivity index (χ2v) is 5.13. The summed E-state index contributed by atoms with van der Waals surface area (Å²) in [5, 5.41) is 12.3. The molecular weight excluding hydrogens is 279 g/mol. The lowest BCUT2D eigenvalue weighted by atomic mass is 10.0. The van der Waals surface area contributed by atoms with E-state index in [1.807, 2.05) is 6.92 Å². The highest BCUT2D eigenvalue weighted by atomic mass is 19.4. The number of alkyl halides is 3. The lowest BCUT2D eigenvalue weighted by molar-refractivity contribution is -0.137. The van der Waals surface area contributed by atoms with E-state index in [1.165, 1.54) is 12.1 Å². The second kappa shape index (κ2) is 6.35. The van der Waals surface area contributed by atoms with E-state index in [0.717, 1.165) is 32.0 Å². The lowest BCUT2D eigenvalue weighted by Crippen LogP contribution is -2.46. The Balaban J connectivity index is 2.32. The molecule has 1 unspecified atom stereocenters. The summed E-state index contributed by atoms with van der Waals surface area (Å²) >= 11 is 0. The van der Waals surface area contributed by atoms with Gasteiger partial charge >= 0.3 is 6.18 Å². The Bertz CT molecular complexity index is 528. The van der Waals surface area contributed by atoms with Crippen molar-refractivity contribution in [2.24, 2.45) is 0 Å². The topological polar surface area (TPSA) is 39.1 Å². The molecule has 1 aliphatic rings. The van der Waals surface area contributed by atoms with Gasteiger partial charge in [0, 0.05) is 24.8 Å². The molecule has 0 aliphatic carbocycles. The molecule has 0 amide bonds. The Hall–Kier alpha value is -1.74. The predicted octanol–water partition coefficient (Wildman–Crippen LogP) is 3.16. The van der Waals surface area contributed by atoms with Crippen molar-refractivity contribution in [2.45, 2.75) is 32.0 Å². The van der Waals surface area contributed by atoms with Crippen LogP contribution >= 0.6 is 0 Å². The Morgan fingerprint density at radius 2 is 2.19 bits per heavy atom. The summed E-state index contributed by atoms with van der Waals surface area (Å²) in [4.78, 5) is 2.06. The van der Waals surface area contributed by atoms with Crippen LogP contribution in [0.4, 0.5) is 18.9 Å². The van der Waals surface area contributed by atoms with Gasteiger partial charge in [0.05, 0.1) is 17.2 Å². The molecule has 0 bridgehead atoms. The molecule has 1 N–H and O–H groups in total. The van der Waals surface area contributed by atoms with Crippen LogP contribution in [-0.4, -0.2) is 25.7 Å². The van der Waals surface area contributed by atoms with Crippen LogP contribution in [-0.2, 0) is 6.18 Å². The molecule has 2 rings (SSSR count). The van der Waals surface area contributed by atoms with Crippen molar-refractivity contribution in [3.05, 3.63) is 29.3 Å². The fourth-order valence-corrected chi connectivity index (χ4v) is 2.80. The number of hydrogen-bond donors (Lipinski definition) is 1. The summed E-state index contributed by atoms with van der Waals surface area (Å²) in [6, 6.07) is 5.73. The maximum Gasteiger partial charge on any atom is 0.417 e. The Labute approximate surface area is 122 Å². The van der Waals surface area contributed by atoms with Gasteiger partial charge in [-0.1, -0.05) is 0 Å². The van der Waals surface area contributed by atoms with Crippen molar-refractivity contribution < 1.29 is 13.2 Å². The summed E-state index contributed by atoms with van der Waals surface area (Å²) in [5.41, 5.74) is -0.510. The molecule has 1 atom stereocenters. The Morgan fingerprint density at radius 1 is 1.43 bits per heavy atom. The third-order valence-electron chi connectivity index (χ3n) is 3.81. The van der Waals surface area contributed by atoms with Crippen LogP contribution in [0.25, 0.3) is 0 Å². The van der Waals surface area contributed by atoms with Gasteiger partial charge in [0.25, 0.3) is 0 Å². The highest BCUT2D eigenvalue weighted by Crippen LogP contribution is 2.34. The predicted molar refractivity (Wildman–Crippen MR) is 75.1 cm³/mol. The Kier molecular flexibility index (Phi) is 4.73. The first-order valence-corrected chi connectivity index (χ1v) is 7.06. The van der Waals surface area contributed by atoms with E-state index >= 15 is 0 Å². The third kappa shape index (κ3) is 3.48. The summed E-state index contributed by atoms with van der Waals surface area (Å²) < 4.78 is 38.5.